The highest BCUT2D eigenvalue weighted by molar-refractivity contribution is 5.37. The molecule has 1 aliphatic rings. The molecule has 0 bridgehead atoms. The van der Waals surface area contributed by atoms with Crippen molar-refractivity contribution < 1.29 is 9.84 Å². The Kier molecular flexibility index (Phi) is 3.84. The molecule has 1 heterocycles. The Morgan fingerprint density at radius 2 is 2.12 bits per heavy atom. The molecule has 0 saturated heterocycles. The third kappa shape index (κ3) is 3.33. The van der Waals surface area contributed by atoms with Gasteiger partial charge in [0.2, 0.25) is 5.88 Å². The first-order valence-corrected chi connectivity index (χ1v) is 6.19. The van der Waals surface area contributed by atoms with Crippen LogP contribution in [0, 0.1) is 0 Å². The highest BCUT2D eigenvalue weighted by atomic mass is 16.5. The van der Waals surface area contributed by atoms with E-state index in [1.807, 2.05) is 12.1 Å². The maximum absolute atomic E-state index is 10.3. The molecule has 0 aliphatic heterocycles. The minimum atomic E-state index is -0.566. The topological polar surface area (TPSA) is 54.4 Å². The number of hydrogen-bond acceptors (Lipinski definition) is 4. The fraction of sp³-hybridized carbons (Fsp3) is 0.615. The van der Waals surface area contributed by atoms with Crippen LogP contribution in [-0.2, 0) is 0 Å². The van der Waals surface area contributed by atoms with Gasteiger partial charge in [0.15, 0.2) is 0 Å². The number of aromatic nitrogens is 1. The molecule has 1 aliphatic carbocycles. The minimum absolute atomic E-state index is 0.563. The van der Waals surface area contributed by atoms with Crippen molar-refractivity contribution >= 4 is 5.82 Å². The molecule has 2 rings (SSSR count). The molecule has 0 unspecified atom stereocenters. The zero-order valence-electron chi connectivity index (χ0n) is 10.3. The Bertz CT molecular complexity index is 362. The van der Waals surface area contributed by atoms with Gasteiger partial charge in [0.05, 0.1) is 12.7 Å². The van der Waals surface area contributed by atoms with Gasteiger partial charge in [0.1, 0.15) is 5.82 Å². The fourth-order valence-corrected chi connectivity index (χ4v) is 2.27. The second kappa shape index (κ2) is 5.36. The number of pyridine rings is 1. The quantitative estimate of drug-likeness (QED) is 0.841. The molecule has 94 valence electrons. The van der Waals surface area contributed by atoms with Gasteiger partial charge in [-0.3, -0.25) is 0 Å². The standard InChI is InChI=1S/C13H20N2O2/c1-17-12-7-5-6-11(15-12)14-10-13(16)8-3-2-4-9-13/h5-7,16H,2-4,8-10H2,1H3,(H,14,15). The largest absolute Gasteiger partial charge is 0.481 e. The Morgan fingerprint density at radius 3 is 2.82 bits per heavy atom. The second-order valence-corrected chi connectivity index (χ2v) is 4.70. The first-order chi connectivity index (χ1) is 8.22. The number of methoxy groups -OCH3 is 1. The Morgan fingerprint density at radius 1 is 1.35 bits per heavy atom. The van der Waals surface area contributed by atoms with Crippen LogP contribution in [0.3, 0.4) is 0 Å². The summed E-state index contributed by atoms with van der Waals surface area (Å²) in [7, 11) is 1.60. The lowest BCUT2D eigenvalue weighted by Gasteiger charge is -2.32. The third-order valence-corrected chi connectivity index (χ3v) is 3.32. The highest BCUT2D eigenvalue weighted by Gasteiger charge is 2.28. The number of hydrogen-bond donors (Lipinski definition) is 2. The molecule has 4 nitrogen and oxygen atoms in total. The third-order valence-electron chi connectivity index (χ3n) is 3.32. The van der Waals surface area contributed by atoms with Gasteiger partial charge < -0.3 is 15.2 Å². The van der Waals surface area contributed by atoms with Crippen LogP contribution in [0.4, 0.5) is 5.82 Å². The van der Waals surface area contributed by atoms with Crippen molar-refractivity contribution in [2.24, 2.45) is 0 Å². The van der Waals surface area contributed by atoms with Crippen molar-refractivity contribution in [1.29, 1.82) is 0 Å². The van der Waals surface area contributed by atoms with E-state index in [4.69, 9.17) is 4.74 Å². The summed E-state index contributed by atoms with van der Waals surface area (Å²) in [6.07, 6.45) is 5.22. The summed E-state index contributed by atoms with van der Waals surface area (Å²) in [6, 6.07) is 5.58. The van der Waals surface area contributed by atoms with Gasteiger partial charge >= 0.3 is 0 Å². The molecule has 0 aromatic carbocycles. The van der Waals surface area contributed by atoms with Crippen molar-refractivity contribution in [2.75, 3.05) is 19.0 Å². The summed E-state index contributed by atoms with van der Waals surface area (Å²) in [4.78, 5) is 4.26. The molecular weight excluding hydrogens is 216 g/mol. The summed E-state index contributed by atoms with van der Waals surface area (Å²) in [5.74, 6) is 1.34. The van der Waals surface area contributed by atoms with Gasteiger partial charge in [0, 0.05) is 12.6 Å². The van der Waals surface area contributed by atoms with Gasteiger partial charge in [-0.25, -0.2) is 0 Å². The van der Waals surface area contributed by atoms with E-state index in [2.05, 4.69) is 10.3 Å². The SMILES string of the molecule is COc1cccc(NCC2(O)CCCCC2)n1. The van der Waals surface area contributed by atoms with Crippen LogP contribution in [0.2, 0.25) is 0 Å². The lowest BCUT2D eigenvalue weighted by Crippen LogP contribution is -2.38. The van der Waals surface area contributed by atoms with Crippen LogP contribution in [0.15, 0.2) is 18.2 Å². The second-order valence-electron chi connectivity index (χ2n) is 4.70. The molecule has 2 N–H and O–H groups in total. The Balaban J connectivity index is 1.92. The number of nitrogens with zero attached hydrogens (tertiary/aromatic N) is 1. The van der Waals surface area contributed by atoms with E-state index in [0.717, 1.165) is 31.5 Å². The molecule has 0 atom stereocenters. The Hall–Kier alpha value is -1.29. The van der Waals surface area contributed by atoms with E-state index < -0.39 is 5.60 Å². The monoisotopic (exact) mass is 236 g/mol. The normalized spacial score (nSPS) is 18.7. The van der Waals surface area contributed by atoms with Crippen molar-refractivity contribution in [1.82, 2.24) is 4.98 Å². The van der Waals surface area contributed by atoms with Crippen LogP contribution in [0.25, 0.3) is 0 Å². The van der Waals surface area contributed by atoms with Crippen molar-refractivity contribution in [3.63, 3.8) is 0 Å². The number of ether oxygens (including phenoxy) is 1. The number of nitrogens with one attached hydrogen (secondary N) is 1. The Labute approximate surface area is 102 Å². The maximum atomic E-state index is 10.3. The molecule has 0 amide bonds. The number of rotatable bonds is 4. The zero-order chi connectivity index (χ0) is 12.1. The van der Waals surface area contributed by atoms with Gasteiger partial charge in [-0.15, -0.1) is 0 Å². The first kappa shape index (κ1) is 12.2. The lowest BCUT2D eigenvalue weighted by atomic mass is 9.85. The fourth-order valence-electron chi connectivity index (χ4n) is 2.27. The minimum Gasteiger partial charge on any atom is -0.481 e. The van der Waals surface area contributed by atoms with Gasteiger partial charge in [0.25, 0.3) is 0 Å². The van der Waals surface area contributed by atoms with E-state index >= 15 is 0 Å². The van der Waals surface area contributed by atoms with Gasteiger partial charge in [-0.2, -0.15) is 4.98 Å². The molecule has 1 fully saturated rings. The molecule has 1 aromatic heterocycles. The smallest absolute Gasteiger partial charge is 0.214 e. The number of aliphatic hydroxyl groups is 1. The van der Waals surface area contributed by atoms with Crippen molar-refractivity contribution in [2.45, 2.75) is 37.7 Å². The summed E-state index contributed by atoms with van der Waals surface area (Å²) in [5, 5.41) is 13.5. The average molecular weight is 236 g/mol. The van der Waals surface area contributed by atoms with E-state index in [0.29, 0.717) is 12.4 Å². The summed E-state index contributed by atoms with van der Waals surface area (Å²) in [5.41, 5.74) is -0.566. The predicted octanol–water partition coefficient (Wildman–Crippen LogP) is 2.20. The van der Waals surface area contributed by atoms with Crippen LogP contribution in [0.5, 0.6) is 5.88 Å². The highest BCUT2D eigenvalue weighted by Crippen LogP contribution is 2.28. The van der Waals surface area contributed by atoms with Crippen molar-refractivity contribution in [3.05, 3.63) is 18.2 Å². The summed E-state index contributed by atoms with van der Waals surface area (Å²) >= 11 is 0. The first-order valence-electron chi connectivity index (χ1n) is 6.19. The van der Waals surface area contributed by atoms with Crippen LogP contribution in [-0.4, -0.2) is 29.3 Å². The van der Waals surface area contributed by atoms with Gasteiger partial charge in [-0.05, 0) is 18.9 Å². The number of anilines is 1. The van der Waals surface area contributed by atoms with Crippen molar-refractivity contribution in [3.8, 4) is 5.88 Å². The molecule has 17 heavy (non-hydrogen) atoms. The predicted molar refractivity (Wildman–Crippen MR) is 67.3 cm³/mol. The zero-order valence-corrected chi connectivity index (χ0v) is 10.3. The molecule has 4 heteroatoms. The summed E-state index contributed by atoms with van der Waals surface area (Å²) in [6.45, 7) is 0.563. The van der Waals surface area contributed by atoms with E-state index in [1.165, 1.54) is 6.42 Å². The van der Waals surface area contributed by atoms with Crippen LogP contribution >= 0.6 is 0 Å². The molecule has 1 aromatic rings. The molecule has 0 radical (unpaired) electrons. The van der Waals surface area contributed by atoms with E-state index in [-0.39, 0.29) is 0 Å². The molecular formula is C13H20N2O2. The molecule has 1 saturated carbocycles. The summed E-state index contributed by atoms with van der Waals surface area (Å²) < 4.78 is 5.06. The van der Waals surface area contributed by atoms with E-state index in [1.54, 1.807) is 13.2 Å². The van der Waals surface area contributed by atoms with Crippen LogP contribution < -0.4 is 10.1 Å². The van der Waals surface area contributed by atoms with E-state index in [9.17, 15) is 5.11 Å². The lowest BCUT2D eigenvalue weighted by molar-refractivity contribution is 0.0166. The average Bonchev–Trinajstić information content (AvgIpc) is 2.38. The molecule has 0 spiro atoms. The van der Waals surface area contributed by atoms with Crippen LogP contribution in [0.1, 0.15) is 32.1 Å². The van der Waals surface area contributed by atoms with Gasteiger partial charge in [-0.1, -0.05) is 25.3 Å². The maximum Gasteiger partial charge on any atom is 0.214 e.